The molecule has 1 heterocycles. The first-order valence-electron chi connectivity index (χ1n) is 18.0. The molecule has 2 fully saturated rings. The number of rotatable bonds is 14. The van der Waals surface area contributed by atoms with Crippen LogP contribution in [0.25, 0.3) is 0 Å². The summed E-state index contributed by atoms with van der Waals surface area (Å²) in [5, 5.41) is 13.2. The van der Waals surface area contributed by atoms with Crippen LogP contribution in [0, 0.1) is 22.7 Å². The van der Waals surface area contributed by atoms with Crippen molar-refractivity contribution in [2.24, 2.45) is 22.7 Å². The summed E-state index contributed by atoms with van der Waals surface area (Å²) in [6, 6.07) is 12.7. The second-order valence-electron chi connectivity index (χ2n) is 15.7. The van der Waals surface area contributed by atoms with E-state index < -0.39 is 71.6 Å². The summed E-state index contributed by atoms with van der Waals surface area (Å²) < 4.78 is 0. The Morgan fingerprint density at radius 1 is 0.887 bits per heavy atom. The summed E-state index contributed by atoms with van der Waals surface area (Å²) >= 11 is 0. The highest BCUT2D eigenvalue weighted by Crippen LogP contribution is 2.65. The third kappa shape index (κ3) is 9.59. The second-order valence-corrected chi connectivity index (χ2v) is 15.7. The molecule has 2 aromatic rings. The molecular formula is C39H53N7O7. The first-order chi connectivity index (χ1) is 24.9. The van der Waals surface area contributed by atoms with Gasteiger partial charge in [-0.1, -0.05) is 96.5 Å². The fourth-order valence-corrected chi connectivity index (χ4v) is 7.07. The highest BCUT2D eigenvalue weighted by molar-refractivity contribution is 6.38. The van der Waals surface area contributed by atoms with E-state index in [1.165, 1.54) is 9.80 Å². The van der Waals surface area contributed by atoms with Gasteiger partial charge in [-0.15, -0.1) is 0 Å². The van der Waals surface area contributed by atoms with Gasteiger partial charge in [-0.25, -0.2) is 4.79 Å². The number of para-hydroxylation sites is 1. The first kappa shape index (κ1) is 40.5. The lowest BCUT2D eigenvalue weighted by Crippen LogP contribution is -2.61. The maximum Gasteiger partial charge on any atom is 0.319 e. The molecule has 0 spiro atoms. The second kappa shape index (κ2) is 16.6. The highest BCUT2D eigenvalue weighted by atomic mass is 16.2. The number of hydrogen-bond donors (Lipinski definition) is 5. The zero-order chi connectivity index (χ0) is 39.2. The van der Waals surface area contributed by atoms with Crippen LogP contribution in [0.2, 0.25) is 0 Å². The van der Waals surface area contributed by atoms with Gasteiger partial charge in [0.05, 0.1) is 12.6 Å². The fraction of sp³-hybridized carbons (Fsp3) is 0.513. The van der Waals surface area contributed by atoms with Crippen molar-refractivity contribution in [1.82, 2.24) is 31.1 Å². The third-order valence-corrected chi connectivity index (χ3v) is 10.1. The summed E-state index contributed by atoms with van der Waals surface area (Å²) in [5.74, 6) is -4.22. The molecule has 0 aromatic heterocycles. The summed E-state index contributed by atoms with van der Waals surface area (Å²) in [7, 11) is 3.12. The number of Topliss-reactive ketones (excluding diaryl/α,β-unsaturated/α-hetero) is 1. The average molecular weight is 732 g/mol. The van der Waals surface area contributed by atoms with Gasteiger partial charge < -0.3 is 36.4 Å². The summed E-state index contributed by atoms with van der Waals surface area (Å²) in [5.41, 5.74) is 0.140. The van der Waals surface area contributed by atoms with Gasteiger partial charge >= 0.3 is 6.03 Å². The average Bonchev–Trinajstić information content (AvgIpc) is 3.41. The van der Waals surface area contributed by atoms with E-state index in [0.717, 1.165) is 0 Å². The van der Waals surface area contributed by atoms with Gasteiger partial charge in [0, 0.05) is 26.3 Å². The molecule has 14 nitrogen and oxygen atoms in total. The van der Waals surface area contributed by atoms with Crippen molar-refractivity contribution in [2.75, 3.05) is 32.5 Å². The maximum absolute atomic E-state index is 14.2. The van der Waals surface area contributed by atoms with Crippen LogP contribution in [0.1, 0.15) is 66.0 Å². The lowest BCUT2D eigenvalue weighted by atomic mass is 9.85. The van der Waals surface area contributed by atoms with Crippen LogP contribution >= 0.6 is 0 Å². The van der Waals surface area contributed by atoms with Crippen molar-refractivity contribution < 1.29 is 33.6 Å². The molecule has 4 rings (SSSR count). The number of nitrogens with zero attached hydrogens (tertiary/aromatic N) is 2. The van der Waals surface area contributed by atoms with Crippen LogP contribution < -0.4 is 26.6 Å². The minimum Gasteiger partial charge on any atom is -0.347 e. The SMILES string of the molecule is CCCC(NC(=O)[C@@H]1[C@@H]2[C@H](CN1C(=O)[C@@H](NC(=O)Nc1ccccc1)C(C)(C)C)C2(C)C)C(=O)C(=O)NCC(=O)N[C@H](C(=O)N(C)C)c1ccccc1. The Labute approximate surface area is 311 Å². The van der Waals surface area contributed by atoms with E-state index in [-0.39, 0.29) is 29.6 Å². The van der Waals surface area contributed by atoms with Crippen molar-refractivity contribution in [1.29, 1.82) is 0 Å². The van der Waals surface area contributed by atoms with Crippen LogP contribution in [0.15, 0.2) is 60.7 Å². The number of nitrogens with one attached hydrogen (secondary N) is 5. The van der Waals surface area contributed by atoms with E-state index >= 15 is 0 Å². The number of benzene rings is 2. The molecule has 1 aliphatic heterocycles. The number of urea groups is 1. The largest absolute Gasteiger partial charge is 0.347 e. The predicted molar refractivity (Wildman–Crippen MR) is 199 cm³/mol. The van der Waals surface area contributed by atoms with Crippen molar-refractivity contribution in [3.8, 4) is 0 Å². The van der Waals surface area contributed by atoms with Crippen molar-refractivity contribution >= 4 is 47.0 Å². The molecule has 286 valence electrons. The molecule has 0 radical (unpaired) electrons. The van der Waals surface area contributed by atoms with E-state index in [9.17, 15) is 33.6 Å². The molecule has 14 heteroatoms. The standard InChI is InChI=1S/C39H53N7O7/c1-9-16-26(31(48)34(50)40-21-27(47)43-29(35(51)45(7)8)23-17-12-10-13-18-23)42-33(49)30-28-25(39(28,5)6)22-46(30)36(52)32(38(2,3)4)44-37(53)41-24-19-14-11-15-20-24/h10-15,17-20,25-26,28-30,32H,9,16,21-22H2,1-8H3,(H,40,50)(H,42,49)(H,43,47)(H2,41,44,53)/t25-,26?,28-,29-,30-,32+/m0/s1. The number of carbonyl (C=O) groups excluding carboxylic acids is 7. The van der Waals surface area contributed by atoms with E-state index in [1.807, 2.05) is 40.7 Å². The molecule has 2 aliphatic rings. The Morgan fingerprint density at radius 2 is 1.49 bits per heavy atom. The number of carbonyl (C=O) groups is 7. The zero-order valence-corrected chi connectivity index (χ0v) is 31.8. The summed E-state index contributed by atoms with van der Waals surface area (Å²) in [6.07, 6.45) is 0.592. The fourth-order valence-electron chi connectivity index (χ4n) is 7.07. The topological polar surface area (TPSA) is 186 Å². The maximum atomic E-state index is 14.2. The normalized spacial score (nSPS) is 20.1. The molecule has 1 saturated heterocycles. The van der Waals surface area contributed by atoms with Crippen molar-refractivity contribution in [3.63, 3.8) is 0 Å². The third-order valence-electron chi connectivity index (χ3n) is 10.1. The number of fused-ring (bicyclic) bond motifs is 1. The molecule has 2 aromatic carbocycles. The highest BCUT2D eigenvalue weighted by Gasteiger charge is 2.70. The van der Waals surface area contributed by atoms with Crippen molar-refractivity contribution in [3.05, 3.63) is 66.2 Å². The Hall–Kier alpha value is -5.27. The van der Waals surface area contributed by atoms with Crippen LogP contribution in [0.3, 0.4) is 0 Å². The quantitative estimate of drug-likeness (QED) is 0.185. The van der Waals surface area contributed by atoms with Crippen LogP contribution in [0.4, 0.5) is 10.5 Å². The van der Waals surface area contributed by atoms with Crippen LogP contribution in [-0.4, -0.2) is 96.5 Å². The molecule has 7 amide bonds. The van der Waals surface area contributed by atoms with Gasteiger partial charge in [0.25, 0.3) is 5.91 Å². The number of likely N-dealkylation sites (tertiary alicyclic amines) is 1. The number of likely N-dealkylation sites (N-methyl/N-ethyl adjacent to an activating group) is 1. The summed E-state index contributed by atoms with van der Waals surface area (Å²) in [6.45, 7) is 11.0. The Balaban J connectivity index is 1.44. The Bertz CT molecular complexity index is 1690. The van der Waals surface area contributed by atoms with Gasteiger partial charge in [-0.3, -0.25) is 28.8 Å². The number of anilines is 1. The molecule has 6 atom stereocenters. The minimum atomic E-state index is -1.21. The van der Waals surface area contributed by atoms with E-state index in [4.69, 9.17) is 0 Å². The number of ketones is 1. The van der Waals surface area contributed by atoms with Gasteiger partial charge in [0.2, 0.25) is 29.4 Å². The van der Waals surface area contributed by atoms with E-state index in [0.29, 0.717) is 24.2 Å². The first-order valence-corrected chi connectivity index (χ1v) is 18.0. The minimum absolute atomic E-state index is 0.0298. The molecular weight excluding hydrogens is 678 g/mol. The van der Waals surface area contributed by atoms with Crippen LogP contribution in [-0.2, 0) is 28.8 Å². The smallest absolute Gasteiger partial charge is 0.319 e. The number of piperidine rings is 1. The molecule has 1 aliphatic carbocycles. The van der Waals surface area contributed by atoms with E-state index in [2.05, 4.69) is 26.6 Å². The van der Waals surface area contributed by atoms with Crippen molar-refractivity contribution in [2.45, 2.75) is 78.6 Å². The molecule has 0 bridgehead atoms. The van der Waals surface area contributed by atoms with Gasteiger partial charge in [0.15, 0.2) is 0 Å². The Morgan fingerprint density at radius 3 is 2.06 bits per heavy atom. The predicted octanol–water partition coefficient (Wildman–Crippen LogP) is 2.62. The lowest BCUT2D eigenvalue weighted by molar-refractivity contribution is -0.145. The Kier molecular flexibility index (Phi) is 12.7. The molecule has 53 heavy (non-hydrogen) atoms. The zero-order valence-electron chi connectivity index (χ0n) is 31.8. The number of hydrogen-bond acceptors (Lipinski definition) is 7. The number of amides is 7. The van der Waals surface area contributed by atoms with Gasteiger partial charge in [0.1, 0.15) is 18.1 Å². The van der Waals surface area contributed by atoms with Gasteiger partial charge in [-0.05, 0) is 46.8 Å². The lowest BCUT2D eigenvalue weighted by Gasteiger charge is -2.37. The van der Waals surface area contributed by atoms with Crippen LogP contribution in [0.5, 0.6) is 0 Å². The molecule has 1 unspecified atom stereocenters. The summed E-state index contributed by atoms with van der Waals surface area (Å²) in [4.78, 5) is 96.3. The molecule has 5 N–H and O–H groups in total. The monoisotopic (exact) mass is 731 g/mol. The van der Waals surface area contributed by atoms with E-state index in [1.54, 1.807) is 75.6 Å². The molecule has 1 saturated carbocycles. The van der Waals surface area contributed by atoms with Gasteiger partial charge in [-0.2, -0.15) is 0 Å².